The fraction of sp³-hybridized carbons (Fsp3) is 0.900. The summed E-state index contributed by atoms with van der Waals surface area (Å²) in [7, 11) is -0.756. The summed E-state index contributed by atoms with van der Waals surface area (Å²) in [5.74, 6) is 0. The molecule has 0 heterocycles. The van der Waals surface area contributed by atoms with E-state index in [2.05, 4.69) is 19.6 Å². The van der Waals surface area contributed by atoms with Crippen molar-refractivity contribution in [3.8, 4) is 0 Å². The van der Waals surface area contributed by atoms with Crippen molar-refractivity contribution >= 4 is 8.07 Å². The van der Waals surface area contributed by atoms with E-state index < -0.39 is 8.07 Å². The third-order valence-corrected chi connectivity index (χ3v) is 5.86. The van der Waals surface area contributed by atoms with E-state index in [4.69, 9.17) is 0 Å². The molecule has 0 aromatic rings. The van der Waals surface area contributed by atoms with Crippen molar-refractivity contribution in [2.24, 2.45) is 0 Å². The van der Waals surface area contributed by atoms with Crippen LogP contribution in [0.25, 0.3) is 0 Å². The van der Waals surface area contributed by atoms with Gasteiger partial charge in [-0.25, -0.2) is 0 Å². The monoisotopic (exact) mass is 168 g/mol. The zero-order chi connectivity index (χ0) is 7.61. The highest BCUT2D eigenvalue weighted by Crippen LogP contribution is 2.36. The van der Waals surface area contributed by atoms with Gasteiger partial charge in [0.05, 0.1) is 0 Å². The molecule has 0 bridgehead atoms. The van der Waals surface area contributed by atoms with Crippen LogP contribution in [-0.2, 0) is 0 Å². The summed E-state index contributed by atoms with van der Waals surface area (Å²) in [6, 6.07) is 0. The van der Waals surface area contributed by atoms with E-state index >= 15 is 0 Å². The molecule has 0 atom stereocenters. The predicted octanol–water partition coefficient (Wildman–Crippen LogP) is 3.74. The Kier molecular flexibility index (Phi) is 4.38. The van der Waals surface area contributed by atoms with Gasteiger partial charge in [0.15, 0.2) is 0 Å². The Bertz CT molecular complexity index is 95.9. The van der Waals surface area contributed by atoms with E-state index in [1.54, 1.807) is 0 Å². The highest BCUT2D eigenvalue weighted by atomic mass is 28.3. The van der Waals surface area contributed by atoms with E-state index in [0.29, 0.717) is 0 Å². The zero-order valence-corrected chi connectivity index (χ0v) is 9.11. The Hall–Kier alpha value is 0.217. The average molecular weight is 168 g/mol. The lowest BCUT2D eigenvalue weighted by Crippen LogP contribution is -2.29. The fourth-order valence-corrected chi connectivity index (χ4v) is 4.11. The first-order chi connectivity index (χ1) is 4.61. The van der Waals surface area contributed by atoms with Gasteiger partial charge in [-0.15, -0.1) is 0 Å². The predicted molar refractivity (Wildman–Crippen MR) is 53.4 cm³/mol. The number of hydrogen-bond acceptors (Lipinski definition) is 0. The maximum absolute atomic E-state index is 2.52. The Balaban J connectivity index is 0.000001000. The second-order valence-corrected chi connectivity index (χ2v) is 10.2. The summed E-state index contributed by atoms with van der Waals surface area (Å²) in [6.07, 6.45) is 7.59. The highest BCUT2D eigenvalue weighted by Gasteiger charge is 2.27. The zero-order valence-electron chi connectivity index (χ0n) is 8.11. The number of rotatable bonds is 1. The van der Waals surface area contributed by atoms with Crippen molar-refractivity contribution in [2.75, 3.05) is 0 Å². The molecule has 0 saturated heterocycles. The van der Waals surface area contributed by atoms with E-state index in [1.807, 2.05) is 0 Å². The van der Waals surface area contributed by atoms with Crippen molar-refractivity contribution in [3.05, 3.63) is 7.43 Å². The third-order valence-electron chi connectivity index (χ3n) is 2.83. The van der Waals surface area contributed by atoms with Crippen molar-refractivity contribution < 1.29 is 0 Å². The Labute approximate surface area is 73.4 Å². The molecular formula is C10H20Si. The van der Waals surface area contributed by atoms with Crippen LogP contribution < -0.4 is 0 Å². The van der Waals surface area contributed by atoms with Crippen LogP contribution in [0.15, 0.2) is 0 Å². The van der Waals surface area contributed by atoms with Crippen molar-refractivity contribution in [1.82, 2.24) is 0 Å². The van der Waals surface area contributed by atoms with Crippen LogP contribution in [0.4, 0.5) is 0 Å². The van der Waals surface area contributed by atoms with Crippen LogP contribution in [0, 0.1) is 7.43 Å². The van der Waals surface area contributed by atoms with E-state index in [1.165, 1.54) is 32.1 Å². The summed E-state index contributed by atoms with van der Waals surface area (Å²) >= 11 is 0. The highest BCUT2D eigenvalue weighted by molar-refractivity contribution is 6.77. The van der Waals surface area contributed by atoms with Crippen molar-refractivity contribution in [3.63, 3.8) is 0 Å². The molecule has 1 aliphatic rings. The molecule has 0 amide bonds. The molecule has 1 aliphatic carbocycles. The molecule has 0 nitrogen and oxygen atoms in total. The van der Waals surface area contributed by atoms with Crippen molar-refractivity contribution in [2.45, 2.75) is 57.3 Å². The second kappa shape index (κ2) is 4.29. The van der Waals surface area contributed by atoms with Crippen LogP contribution in [0.2, 0.25) is 25.2 Å². The molecule has 0 aliphatic heterocycles. The molecule has 1 rings (SSSR count). The van der Waals surface area contributed by atoms with Gasteiger partial charge in [-0.3, -0.25) is 0 Å². The first-order valence-corrected chi connectivity index (χ1v) is 8.18. The molecule has 0 N–H and O–H groups in total. The standard InChI is InChI=1S/C9H20Si.C/c1-10(2,3)9-7-5-4-6-8-9;/h9H,4-8H2,1-3H3;. The topological polar surface area (TPSA) is 0 Å². The summed E-state index contributed by atoms with van der Waals surface area (Å²) in [6.45, 7) is 7.55. The van der Waals surface area contributed by atoms with Crippen LogP contribution in [0.3, 0.4) is 0 Å². The van der Waals surface area contributed by atoms with Gasteiger partial charge in [0.25, 0.3) is 0 Å². The Morgan fingerprint density at radius 1 is 0.909 bits per heavy atom. The van der Waals surface area contributed by atoms with Gasteiger partial charge in [-0.1, -0.05) is 51.7 Å². The summed E-state index contributed by atoms with van der Waals surface area (Å²) in [4.78, 5) is 0. The summed E-state index contributed by atoms with van der Waals surface area (Å²) < 4.78 is 0. The third kappa shape index (κ3) is 3.41. The smallest absolute Gasteiger partial charge is 0.0473 e. The minimum absolute atomic E-state index is 0. The van der Waals surface area contributed by atoms with Gasteiger partial charge in [0, 0.05) is 15.5 Å². The first-order valence-electron chi connectivity index (χ1n) is 4.61. The lowest BCUT2D eigenvalue weighted by Gasteiger charge is -2.32. The van der Waals surface area contributed by atoms with E-state index in [0.717, 1.165) is 5.54 Å². The minimum Gasteiger partial charge on any atom is -0.0693 e. The largest absolute Gasteiger partial charge is 0.0693 e. The lowest BCUT2D eigenvalue weighted by molar-refractivity contribution is 0.493. The second-order valence-electron chi connectivity index (χ2n) is 4.70. The minimum atomic E-state index is -0.756. The molecule has 0 spiro atoms. The fourth-order valence-electron chi connectivity index (χ4n) is 1.97. The molecule has 11 heavy (non-hydrogen) atoms. The maximum Gasteiger partial charge on any atom is 0.0473 e. The molecule has 1 heteroatoms. The quantitative estimate of drug-likeness (QED) is 0.523. The number of hydrogen-bond donors (Lipinski definition) is 0. The SMILES string of the molecule is C[Si](C)(C)C1CCCCC1.[C]. The van der Waals surface area contributed by atoms with Crippen LogP contribution >= 0.6 is 0 Å². The van der Waals surface area contributed by atoms with Gasteiger partial charge in [0.2, 0.25) is 0 Å². The van der Waals surface area contributed by atoms with E-state index in [-0.39, 0.29) is 7.43 Å². The lowest BCUT2D eigenvalue weighted by atomic mass is 10.0. The van der Waals surface area contributed by atoms with Gasteiger partial charge in [0.1, 0.15) is 0 Å². The molecule has 1 fully saturated rings. The van der Waals surface area contributed by atoms with Gasteiger partial charge in [-0.05, 0) is 5.54 Å². The molecule has 0 aromatic carbocycles. The average Bonchev–Trinajstić information content (AvgIpc) is 1.88. The van der Waals surface area contributed by atoms with Crippen LogP contribution in [0.5, 0.6) is 0 Å². The molecule has 0 unspecified atom stereocenters. The first kappa shape index (κ1) is 11.2. The summed E-state index contributed by atoms with van der Waals surface area (Å²) in [5, 5.41) is 0. The molecular weight excluding hydrogens is 148 g/mol. The van der Waals surface area contributed by atoms with Crippen molar-refractivity contribution in [1.29, 1.82) is 0 Å². The molecule has 0 aromatic heterocycles. The Morgan fingerprint density at radius 2 is 1.36 bits per heavy atom. The van der Waals surface area contributed by atoms with Gasteiger partial charge < -0.3 is 0 Å². The van der Waals surface area contributed by atoms with Crippen LogP contribution in [-0.4, -0.2) is 8.07 Å². The molecule has 1 saturated carbocycles. The van der Waals surface area contributed by atoms with Gasteiger partial charge in [-0.2, -0.15) is 0 Å². The van der Waals surface area contributed by atoms with Crippen LogP contribution in [0.1, 0.15) is 32.1 Å². The van der Waals surface area contributed by atoms with Gasteiger partial charge >= 0.3 is 0 Å². The van der Waals surface area contributed by atoms with E-state index in [9.17, 15) is 0 Å². The molecule has 64 valence electrons. The summed E-state index contributed by atoms with van der Waals surface area (Å²) in [5.41, 5.74) is 1.14. The molecule has 4 radical (unpaired) electrons. The Morgan fingerprint density at radius 3 is 1.64 bits per heavy atom. The maximum atomic E-state index is 2.52. The normalized spacial score (nSPS) is 21.0.